The molecule has 0 radical (unpaired) electrons. The minimum absolute atomic E-state index is 0.00691. The first-order valence-electron chi connectivity index (χ1n) is 9.33. The van der Waals surface area contributed by atoms with Crippen molar-refractivity contribution in [1.29, 1.82) is 0 Å². The van der Waals surface area contributed by atoms with Crippen molar-refractivity contribution in [3.8, 4) is 11.5 Å². The average Bonchev–Trinajstić information content (AvgIpc) is 3.14. The fraction of sp³-hybridized carbons (Fsp3) is 0.333. The third-order valence-corrected chi connectivity index (χ3v) is 5.74. The molecule has 0 bridgehead atoms. The SMILES string of the molecule is O=C(COc1ccc(Cl)cc1)NC1[C@H]2CN(C(=O)COc3ccc(Cl)cc3)C[C@@H]12. The van der Waals surface area contributed by atoms with Crippen LogP contribution in [0.1, 0.15) is 0 Å². The highest BCUT2D eigenvalue weighted by molar-refractivity contribution is 6.30. The van der Waals surface area contributed by atoms with E-state index in [1.54, 1.807) is 53.4 Å². The van der Waals surface area contributed by atoms with Gasteiger partial charge in [-0.05, 0) is 48.5 Å². The predicted molar refractivity (Wildman–Crippen MR) is 109 cm³/mol. The molecule has 2 amide bonds. The molecule has 2 aromatic carbocycles. The molecule has 1 saturated heterocycles. The fourth-order valence-corrected chi connectivity index (χ4v) is 3.87. The number of fused-ring (bicyclic) bond motifs is 1. The Kier molecular flexibility index (Phi) is 5.83. The van der Waals surface area contributed by atoms with Gasteiger partial charge in [0.2, 0.25) is 0 Å². The van der Waals surface area contributed by atoms with Gasteiger partial charge in [0, 0.05) is 41.0 Å². The van der Waals surface area contributed by atoms with Crippen LogP contribution in [0.15, 0.2) is 48.5 Å². The zero-order valence-corrected chi connectivity index (χ0v) is 17.0. The van der Waals surface area contributed by atoms with Gasteiger partial charge < -0.3 is 19.7 Å². The van der Waals surface area contributed by atoms with Crippen LogP contribution in [0.2, 0.25) is 10.0 Å². The largest absolute Gasteiger partial charge is 0.484 e. The minimum Gasteiger partial charge on any atom is -0.484 e. The molecular formula is C21H20Cl2N2O4. The van der Waals surface area contributed by atoms with E-state index in [0.29, 0.717) is 46.5 Å². The molecule has 29 heavy (non-hydrogen) atoms. The van der Waals surface area contributed by atoms with Crippen molar-refractivity contribution in [1.82, 2.24) is 10.2 Å². The summed E-state index contributed by atoms with van der Waals surface area (Å²) in [5, 5.41) is 4.22. The second-order valence-corrected chi connectivity index (χ2v) is 8.08. The van der Waals surface area contributed by atoms with Gasteiger partial charge in [-0.25, -0.2) is 0 Å². The second kappa shape index (κ2) is 8.51. The number of piperidine rings is 1. The van der Waals surface area contributed by atoms with Gasteiger partial charge in [-0.1, -0.05) is 23.2 Å². The van der Waals surface area contributed by atoms with E-state index in [2.05, 4.69) is 5.32 Å². The van der Waals surface area contributed by atoms with Gasteiger partial charge in [0.15, 0.2) is 13.2 Å². The molecule has 152 valence electrons. The number of rotatable bonds is 7. The Labute approximate surface area is 178 Å². The molecule has 4 rings (SSSR count). The highest BCUT2D eigenvalue weighted by atomic mass is 35.5. The first-order chi connectivity index (χ1) is 14.0. The minimum atomic E-state index is -0.164. The maximum absolute atomic E-state index is 12.3. The number of carbonyl (C=O) groups is 2. The summed E-state index contributed by atoms with van der Waals surface area (Å²) in [7, 11) is 0. The van der Waals surface area contributed by atoms with E-state index in [1.165, 1.54) is 0 Å². The molecule has 1 unspecified atom stereocenters. The summed E-state index contributed by atoms with van der Waals surface area (Å²) in [6, 6.07) is 13.9. The molecule has 2 fully saturated rings. The monoisotopic (exact) mass is 434 g/mol. The van der Waals surface area contributed by atoms with Crippen molar-refractivity contribution in [2.75, 3.05) is 26.3 Å². The average molecular weight is 435 g/mol. The Morgan fingerprint density at radius 3 is 1.86 bits per heavy atom. The number of nitrogens with zero attached hydrogens (tertiary/aromatic N) is 1. The summed E-state index contributed by atoms with van der Waals surface area (Å²) in [6.45, 7) is 1.22. The van der Waals surface area contributed by atoms with Crippen molar-refractivity contribution in [3.05, 3.63) is 58.6 Å². The summed E-state index contributed by atoms with van der Waals surface area (Å²) in [5.41, 5.74) is 0. The molecule has 6 nitrogen and oxygen atoms in total. The lowest BCUT2D eigenvalue weighted by Gasteiger charge is -2.20. The molecule has 0 spiro atoms. The number of amides is 2. The topological polar surface area (TPSA) is 67.9 Å². The van der Waals surface area contributed by atoms with E-state index in [9.17, 15) is 9.59 Å². The van der Waals surface area contributed by atoms with Crippen molar-refractivity contribution < 1.29 is 19.1 Å². The highest BCUT2D eigenvalue weighted by Gasteiger charge is 2.57. The lowest BCUT2D eigenvalue weighted by Crippen LogP contribution is -2.40. The van der Waals surface area contributed by atoms with E-state index < -0.39 is 0 Å². The lowest BCUT2D eigenvalue weighted by atomic mass is 10.3. The molecule has 1 heterocycles. The van der Waals surface area contributed by atoms with E-state index in [-0.39, 0.29) is 31.1 Å². The zero-order chi connectivity index (χ0) is 20.4. The van der Waals surface area contributed by atoms with Crippen LogP contribution < -0.4 is 14.8 Å². The Hall–Kier alpha value is -2.44. The van der Waals surface area contributed by atoms with Crippen LogP contribution in [0.5, 0.6) is 11.5 Å². The van der Waals surface area contributed by atoms with Crippen LogP contribution in [0.25, 0.3) is 0 Å². The molecule has 1 saturated carbocycles. The number of carbonyl (C=O) groups excluding carboxylic acids is 2. The third-order valence-electron chi connectivity index (χ3n) is 5.23. The van der Waals surface area contributed by atoms with Crippen LogP contribution >= 0.6 is 23.2 Å². The van der Waals surface area contributed by atoms with Crippen LogP contribution in [-0.2, 0) is 9.59 Å². The smallest absolute Gasteiger partial charge is 0.260 e. The Bertz CT molecular complexity index is 877. The van der Waals surface area contributed by atoms with E-state index in [1.807, 2.05) is 0 Å². The molecule has 2 aromatic rings. The standard InChI is InChI=1S/C21H20Cl2N2O4/c22-13-1-5-15(6-2-13)28-11-19(26)24-21-17-9-25(10-18(17)21)20(27)12-29-16-7-3-14(23)4-8-16/h1-8,17-18,21H,9-12H2,(H,24,26)/t17-,18+,21?. The molecular weight excluding hydrogens is 415 g/mol. The first-order valence-corrected chi connectivity index (χ1v) is 10.1. The maximum atomic E-state index is 12.3. The van der Waals surface area contributed by atoms with Crippen LogP contribution in [0, 0.1) is 11.8 Å². The number of hydrogen-bond donors (Lipinski definition) is 1. The normalized spacial score (nSPS) is 22.0. The molecule has 1 aliphatic heterocycles. The van der Waals surface area contributed by atoms with Crippen molar-refractivity contribution in [2.24, 2.45) is 11.8 Å². The Morgan fingerprint density at radius 1 is 0.862 bits per heavy atom. The Balaban J connectivity index is 1.16. The van der Waals surface area contributed by atoms with Crippen LogP contribution in [0.4, 0.5) is 0 Å². The number of nitrogens with one attached hydrogen (secondary N) is 1. The lowest BCUT2D eigenvalue weighted by molar-refractivity contribution is -0.132. The molecule has 1 aliphatic carbocycles. The molecule has 8 heteroatoms. The maximum Gasteiger partial charge on any atom is 0.260 e. The van der Waals surface area contributed by atoms with Crippen molar-refractivity contribution >= 4 is 35.0 Å². The first kappa shape index (κ1) is 19.9. The third kappa shape index (κ3) is 4.95. The number of hydrogen-bond acceptors (Lipinski definition) is 4. The molecule has 3 atom stereocenters. The molecule has 2 aliphatic rings. The van der Waals surface area contributed by atoms with Gasteiger partial charge >= 0.3 is 0 Å². The highest BCUT2D eigenvalue weighted by Crippen LogP contribution is 2.45. The summed E-state index contributed by atoms with van der Waals surface area (Å²) < 4.78 is 11.0. The number of halogens is 2. The van der Waals surface area contributed by atoms with Crippen molar-refractivity contribution in [3.63, 3.8) is 0 Å². The van der Waals surface area contributed by atoms with E-state index >= 15 is 0 Å². The summed E-state index contributed by atoms with van der Waals surface area (Å²) >= 11 is 11.7. The van der Waals surface area contributed by atoms with Crippen LogP contribution in [0.3, 0.4) is 0 Å². The van der Waals surface area contributed by atoms with Gasteiger partial charge in [0.1, 0.15) is 11.5 Å². The van der Waals surface area contributed by atoms with E-state index in [0.717, 1.165) is 0 Å². The van der Waals surface area contributed by atoms with Crippen molar-refractivity contribution in [2.45, 2.75) is 6.04 Å². The summed E-state index contributed by atoms with van der Waals surface area (Å²) in [4.78, 5) is 26.2. The van der Waals surface area contributed by atoms with Gasteiger partial charge in [-0.15, -0.1) is 0 Å². The summed E-state index contributed by atoms with van der Waals surface area (Å²) in [5.74, 6) is 1.59. The van der Waals surface area contributed by atoms with Gasteiger partial charge in [0.25, 0.3) is 11.8 Å². The van der Waals surface area contributed by atoms with E-state index in [4.69, 9.17) is 32.7 Å². The fourth-order valence-electron chi connectivity index (χ4n) is 3.62. The summed E-state index contributed by atoms with van der Waals surface area (Å²) in [6.07, 6.45) is 0. The second-order valence-electron chi connectivity index (χ2n) is 7.20. The molecule has 0 aromatic heterocycles. The molecule has 1 N–H and O–H groups in total. The number of likely N-dealkylation sites (tertiary alicyclic amines) is 1. The van der Waals surface area contributed by atoms with Gasteiger partial charge in [-0.2, -0.15) is 0 Å². The quantitative estimate of drug-likeness (QED) is 0.726. The number of ether oxygens (including phenoxy) is 2. The zero-order valence-electron chi connectivity index (χ0n) is 15.5. The predicted octanol–water partition coefficient (Wildman–Crippen LogP) is 3.02. The van der Waals surface area contributed by atoms with Gasteiger partial charge in [0.05, 0.1) is 0 Å². The number of benzene rings is 2. The Morgan fingerprint density at radius 2 is 1.34 bits per heavy atom. The van der Waals surface area contributed by atoms with Crippen LogP contribution in [-0.4, -0.2) is 49.1 Å². The van der Waals surface area contributed by atoms with Gasteiger partial charge in [-0.3, -0.25) is 9.59 Å².